The molecule has 1 aromatic carbocycles. The SMILES string of the molecule is CCOC(=O)c1ccc(OCCCC2CCCO2)cc1. The highest BCUT2D eigenvalue weighted by atomic mass is 16.5. The van der Waals surface area contributed by atoms with Gasteiger partial charge in [-0.2, -0.15) is 0 Å². The van der Waals surface area contributed by atoms with Gasteiger partial charge >= 0.3 is 5.97 Å². The molecular weight excluding hydrogens is 256 g/mol. The highest BCUT2D eigenvalue weighted by molar-refractivity contribution is 5.89. The maximum Gasteiger partial charge on any atom is 0.338 e. The quantitative estimate of drug-likeness (QED) is 0.567. The van der Waals surface area contributed by atoms with Crippen LogP contribution in [0.15, 0.2) is 24.3 Å². The lowest BCUT2D eigenvalue weighted by Crippen LogP contribution is -2.08. The van der Waals surface area contributed by atoms with Crippen molar-refractivity contribution in [2.45, 2.75) is 38.7 Å². The van der Waals surface area contributed by atoms with Gasteiger partial charge in [-0.05, 0) is 56.9 Å². The van der Waals surface area contributed by atoms with E-state index in [2.05, 4.69) is 0 Å². The van der Waals surface area contributed by atoms with E-state index in [1.807, 2.05) is 0 Å². The van der Waals surface area contributed by atoms with Gasteiger partial charge in [0.05, 0.1) is 24.9 Å². The molecule has 1 heterocycles. The number of hydrogen-bond acceptors (Lipinski definition) is 4. The van der Waals surface area contributed by atoms with E-state index in [1.165, 1.54) is 12.8 Å². The summed E-state index contributed by atoms with van der Waals surface area (Å²) < 4.78 is 16.1. The first-order valence-electron chi connectivity index (χ1n) is 7.31. The average molecular weight is 278 g/mol. The molecule has 1 fully saturated rings. The largest absolute Gasteiger partial charge is 0.494 e. The Morgan fingerprint density at radius 3 is 2.80 bits per heavy atom. The van der Waals surface area contributed by atoms with Crippen molar-refractivity contribution in [3.63, 3.8) is 0 Å². The van der Waals surface area contributed by atoms with Crippen molar-refractivity contribution in [1.29, 1.82) is 0 Å². The predicted molar refractivity (Wildman–Crippen MR) is 76.1 cm³/mol. The van der Waals surface area contributed by atoms with Crippen LogP contribution in [0.5, 0.6) is 5.75 Å². The molecule has 1 atom stereocenters. The van der Waals surface area contributed by atoms with Gasteiger partial charge in [-0.1, -0.05) is 0 Å². The summed E-state index contributed by atoms with van der Waals surface area (Å²) in [5, 5.41) is 0. The van der Waals surface area contributed by atoms with Crippen LogP contribution in [-0.4, -0.2) is 31.9 Å². The van der Waals surface area contributed by atoms with Gasteiger partial charge in [0.15, 0.2) is 0 Å². The maximum absolute atomic E-state index is 11.5. The van der Waals surface area contributed by atoms with Gasteiger partial charge in [-0.3, -0.25) is 0 Å². The molecule has 0 N–H and O–H groups in total. The minimum absolute atomic E-state index is 0.294. The van der Waals surface area contributed by atoms with Crippen molar-refractivity contribution >= 4 is 5.97 Å². The van der Waals surface area contributed by atoms with Gasteiger partial charge in [-0.15, -0.1) is 0 Å². The summed E-state index contributed by atoms with van der Waals surface area (Å²) in [5.74, 6) is 0.489. The molecule has 20 heavy (non-hydrogen) atoms. The van der Waals surface area contributed by atoms with E-state index in [1.54, 1.807) is 31.2 Å². The van der Waals surface area contributed by atoms with Crippen LogP contribution in [0.1, 0.15) is 43.0 Å². The molecule has 0 spiro atoms. The molecule has 1 aliphatic rings. The summed E-state index contributed by atoms with van der Waals surface area (Å²) in [6.07, 6.45) is 4.82. The number of carbonyl (C=O) groups excluding carboxylic acids is 1. The van der Waals surface area contributed by atoms with E-state index in [0.29, 0.717) is 24.9 Å². The van der Waals surface area contributed by atoms with Gasteiger partial charge < -0.3 is 14.2 Å². The third-order valence-corrected chi connectivity index (χ3v) is 3.33. The second-order valence-electron chi connectivity index (χ2n) is 4.87. The van der Waals surface area contributed by atoms with Crippen LogP contribution in [0.4, 0.5) is 0 Å². The Hall–Kier alpha value is -1.55. The molecule has 2 rings (SSSR count). The normalized spacial score (nSPS) is 17.9. The third kappa shape index (κ3) is 4.53. The lowest BCUT2D eigenvalue weighted by atomic mass is 10.1. The van der Waals surface area contributed by atoms with E-state index in [-0.39, 0.29) is 5.97 Å². The van der Waals surface area contributed by atoms with E-state index >= 15 is 0 Å². The lowest BCUT2D eigenvalue weighted by molar-refractivity contribution is 0.0526. The number of esters is 1. The second-order valence-corrected chi connectivity index (χ2v) is 4.87. The van der Waals surface area contributed by atoms with Crippen LogP contribution in [0, 0.1) is 0 Å². The molecule has 0 bridgehead atoms. The number of ether oxygens (including phenoxy) is 3. The van der Waals surface area contributed by atoms with Crippen LogP contribution in [0.25, 0.3) is 0 Å². The van der Waals surface area contributed by atoms with Gasteiger partial charge in [-0.25, -0.2) is 4.79 Å². The molecule has 0 aromatic heterocycles. The van der Waals surface area contributed by atoms with Crippen molar-refractivity contribution in [2.75, 3.05) is 19.8 Å². The van der Waals surface area contributed by atoms with E-state index in [4.69, 9.17) is 14.2 Å². The van der Waals surface area contributed by atoms with E-state index in [9.17, 15) is 4.79 Å². The fourth-order valence-electron chi connectivity index (χ4n) is 2.27. The van der Waals surface area contributed by atoms with Crippen LogP contribution in [0.3, 0.4) is 0 Å². The van der Waals surface area contributed by atoms with E-state index in [0.717, 1.165) is 25.2 Å². The smallest absolute Gasteiger partial charge is 0.338 e. The zero-order valence-electron chi connectivity index (χ0n) is 12.0. The molecule has 0 radical (unpaired) electrons. The first-order chi connectivity index (χ1) is 9.79. The zero-order chi connectivity index (χ0) is 14.2. The number of hydrogen-bond donors (Lipinski definition) is 0. The van der Waals surface area contributed by atoms with Crippen LogP contribution < -0.4 is 4.74 Å². The molecule has 1 aliphatic heterocycles. The Balaban J connectivity index is 1.69. The van der Waals surface area contributed by atoms with Crippen LogP contribution in [-0.2, 0) is 9.47 Å². The van der Waals surface area contributed by atoms with Crippen molar-refractivity contribution in [3.8, 4) is 5.75 Å². The molecular formula is C16H22O4. The van der Waals surface area contributed by atoms with Crippen LogP contribution in [0.2, 0.25) is 0 Å². The molecule has 1 saturated heterocycles. The summed E-state index contributed by atoms with van der Waals surface area (Å²) >= 11 is 0. The molecule has 1 unspecified atom stereocenters. The standard InChI is InChI=1S/C16H22O4/c1-2-18-16(17)13-7-9-15(10-8-13)20-12-4-6-14-5-3-11-19-14/h7-10,14H,2-6,11-12H2,1H3. The third-order valence-electron chi connectivity index (χ3n) is 3.33. The predicted octanol–water partition coefficient (Wildman–Crippen LogP) is 3.20. The summed E-state index contributed by atoms with van der Waals surface area (Å²) in [5.41, 5.74) is 0.554. The van der Waals surface area contributed by atoms with Crippen molar-refractivity contribution in [3.05, 3.63) is 29.8 Å². The monoisotopic (exact) mass is 278 g/mol. The molecule has 0 aliphatic carbocycles. The maximum atomic E-state index is 11.5. The summed E-state index contributed by atoms with van der Waals surface area (Å²) in [6, 6.07) is 7.07. The van der Waals surface area contributed by atoms with Gasteiger partial charge in [0, 0.05) is 6.61 Å². The average Bonchev–Trinajstić information content (AvgIpc) is 2.98. The number of carbonyl (C=O) groups is 1. The topological polar surface area (TPSA) is 44.8 Å². The molecule has 0 saturated carbocycles. The lowest BCUT2D eigenvalue weighted by Gasteiger charge is -2.10. The minimum atomic E-state index is -0.294. The van der Waals surface area contributed by atoms with Crippen molar-refractivity contribution < 1.29 is 19.0 Å². The molecule has 4 nitrogen and oxygen atoms in total. The fourth-order valence-corrected chi connectivity index (χ4v) is 2.27. The number of benzene rings is 1. The second kappa shape index (κ2) is 7.90. The van der Waals surface area contributed by atoms with Crippen molar-refractivity contribution in [1.82, 2.24) is 0 Å². The summed E-state index contributed by atoms with van der Waals surface area (Å²) in [6.45, 7) is 3.77. The highest BCUT2D eigenvalue weighted by Crippen LogP contribution is 2.18. The number of rotatable bonds is 7. The molecule has 110 valence electrons. The minimum Gasteiger partial charge on any atom is -0.494 e. The molecule has 4 heteroatoms. The summed E-state index contributed by atoms with van der Waals surface area (Å²) in [4.78, 5) is 11.5. The van der Waals surface area contributed by atoms with Crippen LogP contribution >= 0.6 is 0 Å². The Morgan fingerprint density at radius 1 is 1.35 bits per heavy atom. The van der Waals surface area contributed by atoms with Crippen molar-refractivity contribution in [2.24, 2.45) is 0 Å². The molecule has 0 amide bonds. The fraction of sp³-hybridized carbons (Fsp3) is 0.562. The van der Waals surface area contributed by atoms with E-state index < -0.39 is 0 Å². The zero-order valence-corrected chi connectivity index (χ0v) is 12.0. The van der Waals surface area contributed by atoms with Gasteiger partial charge in [0.1, 0.15) is 5.75 Å². The Bertz CT molecular complexity index is 407. The Morgan fingerprint density at radius 2 is 2.15 bits per heavy atom. The highest BCUT2D eigenvalue weighted by Gasteiger charge is 2.14. The first kappa shape index (κ1) is 14.9. The molecule has 1 aromatic rings. The van der Waals surface area contributed by atoms with Gasteiger partial charge in [0.25, 0.3) is 0 Å². The first-order valence-corrected chi connectivity index (χ1v) is 7.31. The summed E-state index contributed by atoms with van der Waals surface area (Å²) in [7, 11) is 0. The van der Waals surface area contributed by atoms with Gasteiger partial charge in [0.2, 0.25) is 0 Å². The Kier molecular flexibility index (Phi) is 5.87. The Labute approximate surface area is 120 Å².